The molecule has 2 heterocycles. The molecule has 0 bridgehead atoms. The normalized spacial score (nSPS) is 11.7. The summed E-state index contributed by atoms with van der Waals surface area (Å²) in [4.78, 5) is 17.4. The van der Waals surface area contributed by atoms with Crippen LogP contribution in [-0.4, -0.2) is 15.0 Å². The van der Waals surface area contributed by atoms with Crippen LogP contribution in [0.2, 0.25) is 0 Å². The molecule has 2 aromatic heterocycles. The van der Waals surface area contributed by atoms with E-state index in [-0.39, 0.29) is 0 Å². The molecule has 0 spiro atoms. The summed E-state index contributed by atoms with van der Waals surface area (Å²) >= 11 is 1.80. The van der Waals surface area contributed by atoms with Crippen LogP contribution in [0.4, 0.5) is 17.1 Å². The maximum atomic E-state index is 5.06. The van der Waals surface area contributed by atoms with Crippen LogP contribution in [0, 0.1) is 0 Å². The molecular weight excluding hydrogens is 725 g/mol. The third-order valence-electron chi connectivity index (χ3n) is 10.2. The Labute approximate surface area is 343 Å². The summed E-state index contributed by atoms with van der Waals surface area (Å²) in [6.45, 7) is 8.03. The fourth-order valence-corrected chi connectivity index (χ4v) is 8.31. The van der Waals surface area contributed by atoms with Crippen molar-refractivity contribution in [2.24, 2.45) is 0 Å². The van der Waals surface area contributed by atoms with Gasteiger partial charge in [-0.15, -0.1) is 11.3 Å². The molecule has 58 heavy (non-hydrogen) atoms. The van der Waals surface area contributed by atoms with E-state index in [1.54, 1.807) is 11.3 Å². The van der Waals surface area contributed by atoms with Crippen molar-refractivity contribution in [2.45, 2.75) is 13.8 Å². The van der Waals surface area contributed by atoms with Gasteiger partial charge in [-0.25, -0.2) is 15.0 Å². The van der Waals surface area contributed by atoms with Gasteiger partial charge in [-0.05, 0) is 96.8 Å². The Balaban J connectivity index is 1.16. The number of hydrogen-bond donors (Lipinski definition) is 0. The summed E-state index contributed by atoms with van der Waals surface area (Å²) in [7, 11) is 0. The maximum Gasteiger partial charge on any atom is 0.164 e. The molecule has 5 heteroatoms. The van der Waals surface area contributed by atoms with Gasteiger partial charge in [-0.3, -0.25) is 0 Å². The molecule has 0 amide bonds. The predicted octanol–water partition coefficient (Wildman–Crippen LogP) is 14.9. The third-order valence-corrected chi connectivity index (χ3v) is 11.4. The Morgan fingerprint density at radius 1 is 0.483 bits per heavy atom. The van der Waals surface area contributed by atoms with Gasteiger partial charge >= 0.3 is 0 Å². The number of anilines is 3. The van der Waals surface area contributed by atoms with Crippen molar-refractivity contribution in [1.82, 2.24) is 15.0 Å². The summed E-state index contributed by atoms with van der Waals surface area (Å²) in [6, 6.07) is 62.2. The number of rotatable bonds is 10. The second kappa shape index (κ2) is 16.1. The van der Waals surface area contributed by atoms with Gasteiger partial charge in [0.1, 0.15) is 0 Å². The van der Waals surface area contributed by atoms with Gasteiger partial charge in [-0.2, -0.15) is 0 Å². The van der Waals surface area contributed by atoms with Crippen molar-refractivity contribution < 1.29 is 0 Å². The molecule has 7 aromatic carbocycles. The largest absolute Gasteiger partial charge is 0.310 e. The highest BCUT2D eigenvalue weighted by atomic mass is 32.1. The van der Waals surface area contributed by atoms with Crippen LogP contribution in [0.3, 0.4) is 0 Å². The minimum atomic E-state index is 0.619. The van der Waals surface area contributed by atoms with E-state index in [0.717, 1.165) is 44.7 Å². The molecule has 0 aliphatic carbocycles. The SMILES string of the molecule is C=C(C)C=CC(=CC)c1nc(-c2ccccc2)nc(-c2ccc3sc4ccc(N(c5ccc(-c6ccccc6)cc5)c5ccc(-c6ccccc6)cc5)cc4c3c2)n1. The van der Waals surface area contributed by atoms with Gasteiger partial charge in [0.05, 0.1) is 0 Å². The maximum absolute atomic E-state index is 5.06. The van der Waals surface area contributed by atoms with Gasteiger partial charge < -0.3 is 4.90 Å². The van der Waals surface area contributed by atoms with Crippen LogP contribution in [0.15, 0.2) is 206 Å². The standard InChI is InChI=1S/C53H40N4S/c1-4-37(21-20-36(2)3)51-54-52(42-18-12-7-13-19-42)56-53(55-51)43-26-32-49-47(34-43)48-35-46(31-33-50(48)58-49)57(44-27-22-40(23-28-44)38-14-8-5-9-15-38)45-29-24-41(25-30-45)39-16-10-6-11-17-39/h4-35H,2H2,1,3H3. The summed E-state index contributed by atoms with van der Waals surface area (Å²) in [6.07, 6.45) is 6.03. The van der Waals surface area contributed by atoms with Crippen LogP contribution in [0.5, 0.6) is 0 Å². The lowest BCUT2D eigenvalue weighted by Crippen LogP contribution is -2.09. The Kier molecular flexibility index (Phi) is 10.1. The molecule has 0 N–H and O–H groups in total. The smallest absolute Gasteiger partial charge is 0.164 e. The Morgan fingerprint density at radius 2 is 0.931 bits per heavy atom. The van der Waals surface area contributed by atoms with Crippen LogP contribution >= 0.6 is 11.3 Å². The Hall–Kier alpha value is -7.21. The molecule has 0 aliphatic heterocycles. The minimum absolute atomic E-state index is 0.619. The van der Waals surface area contributed by atoms with Gasteiger partial charge in [0, 0.05) is 53.9 Å². The zero-order valence-corrected chi connectivity index (χ0v) is 33.2. The van der Waals surface area contributed by atoms with E-state index in [0.29, 0.717) is 17.5 Å². The highest BCUT2D eigenvalue weighted by molar-refractivity contribution is 7.25. The number of nitrogens with zero attached hydrogens (tertiary/aromatic N) is 4. The van der Waals surface area contributed by atoms with Crippen LogP contribution in [-0.2, 0) is 0 Å². The average Bonchev–Trinajstić information content (AvgIpc) is 3.65. The van der Waals surface area contributed by atoms with Crippen LogP contribution in [0.25, 0.3) is 70.8 Å². The highest BCUT2D eigenvalue weighted by Crippen LogP contribution is 2.42. The third kappa shape index (κ3) is 7.51. The van der Waals surface area contributed by atoms with Gasteiger partial charge in [0.25, 0.3) is 0 Å². The first-order chi connectivity index (χ1) is 28.5. The second-order valence-corrected chi connectivity index (χ2v) is 15.3. The van der Waals surface area contributed by atoms with E-state index in [9.17, 15) is 0 Å². The van der Waals surface area contributed by atoms with Crippen LogP contribution in [0.1, 0.15) is 19.7 Å². The van der Waals surface area contributed by atoms with Crippen molar-refractivity contribution in [3.05, 3.63) is 212 Å². The molecule has 0 unspecified atom stereocenters. The minimum Gasteiger partial charge on any atom is -0.310 e. The summed E-state index contributed by atoms with van der Waals surface area (Å²) < 4.78 is 2.43. The number of hydrogen-bond acceptors (Lipinski definition) is 5. The number of benzene rings is 7. The fraction of sp³-hybridized carbons (Fsp3) is 0.0377. The van der Waals surface area contributed by atoms with Crippen molar-refractivity contribution in [1.29, 1.82) is 0 Å². The lowest BCUT2D eigenvalue weighted by molar-refractivity contribution is 1.04. The zero-order chi connectivity index (χ0) is 39.4. The van der Waals surface area contributed by atoms with E-state index in [1.165, 1.54) is 37.0 Å². The lowest BCUT2D eigenvalue weighted by Gasteiger charge is -2.26. The first-order valence-electron chi connectivity index (χ1n) is 19.4. The summed E-state index contributed by atoms with van der Waals surface area (Å²) in [5.41, 5.74) is 11.7. The average molecular weight is 765 g/mol. The zero-order valence-electron chi connectivity index (χ0n) is 32.4. The molecule has 4 nitrogen and oxygen atoms in total. The van der Waals surface area contributed by atoms with Gasteiger partial charge in [-0.1, -0.05) is 146 Å². The first-order valence-corrected chi connectivity index (χ1v) is 20.2. The summed E-state index contributed by atoms with van der Waals surface area (Å²) in [5, 5.41) is 2.34. The lowest BCUT2D eigenvalue weighted by atomic mass is 10.0. The first kappa shape index (κ1) is 36.4. The van der Waals surface area contributed by atoms with Crippen LogP contribution < -0.4 is 4.90 Å². The molecular formula is C53H40N4S. The predicted molar refractivity (Wildman–Crippen MR) is 247 cm³/mol. The molecule has 9 rings (SSSR count). The summed E-state index contributed by atoms with van der Waals surface area (Å²) in [5.74, 6) is 1.88. The van der Waals surface area contributed by atoms with Crippen molar-refractivity contribution in [3.63, 3.8) is 0 Å². The van der Waals surface area contributed by atoms with Gasteiger partial charge in [0.2, 0.25) is 0 Å². The molecule has 0 atom stereocenters. The highest BCUT2D eigenvalue weighted by Gasteiger charge is 2.18. The molecule has 0 radical (unpaired) electrons. The number of allylic oxidation sites excluding steroid dienone is 5. The van der Waals surface area contributed by atoms with E-state index in [2.05, 4.69) is 157 Å². The quantitative estimate of drug-likeness (QED) is 0.130. The van der Waals surface area contributed by atoms with E-state index in [4.69, 9.17) is 15.0 Å². The van der Waals surface area contributed by atoms with E-state index in [1.807, 2.05) is 62.4 Å². The number of aromatic nitrogens is 3. The topological polar surface area (TPSA) is 41.9 Å². The van der Waals surface area contributed by atoms with Crippen molar-refractivity contribution in [2.75, 3.05) is 4.90 Å². The van der Waals surface area contributed by atoms with Crippen molar-refractivity contribution in [3.8, 4) is 45.0 Å². The Morgan fingerprint density at radius 3 is 1.47 bits per heavy atom. The van der Waals surface area contributed by atoms with E-state index >= 15 is 0 Å². The van der Waals surface area contributed by atoms with E-state index < -0.39 is 0 Å². The molecule has 0 fully saturated rings. The number of thiophene rings is 1. The molecule has 0 aliphatic rings. The number of fused-ring (bicyclic) bond motifs is 3. The molecule has 278 valence electrons. The molecule has 0 saturated carbocycles. The fourth-order valence-electron chi connectivity index (χ4n) is 7.24. The van der Waals surface area contributed by atoms with Gasteiger partial charge in [0.15, 0.2) is 17.5 Å². The van der Waals surface area contributed by atoms with Crippen molar-refractivity contribution >= 4 is 54.1 Å². The molecule has 9 aromatic rings. The monoisotopic (exact) mass is 764 g/mol. The molecule has 0 saturated heterocycles. The Bertz CT molecular complexity index is 2870. The second-order valence-electron chi connectivity index (χ2n) is 14.3.